The first-order valence-electron chi connectivity index (χ1n) is 11.1. The van der Waals surface area contributed by atoms with E-state index < -0.39 is 0 Å². The van der Waals surface area contributed by atoms with Crippen molar-refractivity contribution in [3.63, 3.8) is 0 Å². The predicted octanol–water partition coefficient (Wildman–Crippen LogP) is 7.32. The first-order valence-corrected chi connectivity index (χ1v) is 12.7. The fraction of sp³-hybridized carbons (Fsp3) is 0.160. The molecule has 0 aliphatic rings. The standard InChI is InChI=1S/C25H22Cl2N6OS/c1-3-33(4-2)22-12-21-20(31-25(32-21)30-18-7-5-14(26)9-17(18)27)11-16(22)24(34)29-15-6-8-19-23(10-15)35-13-28-19/h5-13H,3-4H2,1-2H3,(H,29,34)(H2,30,31,32). The highest BCUT2D eigenvalue weighted by Crippen LogP contribution is 2.31. The summed E-state index contributed by atoms with van der Waals surface area (Å²) < 4.78 is 1.02. The van der Waals surface area contributed by atoms with Crippen molar-refractivity contribution in [2.75, 3.05) is 28.6 Å². The number of thiazole rings is 1. The largest absolute Gasteiger partial charge is 0.371 e. The van der Waals surface area contributed by atoms with Gasteiger partial charge < -0.3 is 20.5 Å². The summed E-state index contributed by atoms with van der Waals surface area (Å²) in [6, 6.07) is 14.7. The second-order valence-corrected chi connectivity index (χ2v) is 9.61. The molecule has 0 radical (unpaired) electrons. The van der Waals surface area contributed by atoms with E-state index in [-0.39, 0.29) is 5.91 Å². The Morgan fingerprint density at radius 1 is 1.06 bits per heavy atom. The quantitative estimate of drug-likeness (QED) is 0.207. The van der Waals surface area contributed by atoms with Crippen LogP contribution in [0.2, 0.25) is 10.0 Å². The lowest BCUT2D eigenvalue weighted by molar-refractivity contribution is 0.102. The van der Waals surface area contributed by atoms with Gasteiger partial charge in [-0.3, -0.25) is 4.79 Å². The van der Waals surface area contributed by atoms with Gasteiger partial charge in [-0.25, -0.2) is 9.97 Å². The number of nitrogens with zero attached hydrogens (tertiary/aromatic N) is 3. The molecule has 0 aliphatic heterocycles. The number of nitrogens with one attached hydrogen (secondary N) is 3. The first-order chi connectivity index (χ1) is 16.9. The highest BCUT2D eigenvalue weighted by Gasteiger charge is 2.19. The third kappa shape index (κ3) is 4.77. The molecule has 0 bridgehead atoms. The molecule has 5 rings (SSSR count). The van der Waals surface area contributed by atoms with Gasteiger partial charge in [0.25, 0.3) is 5.91 Å². The number of benzene rings is 3. The molecular weight excluding hydrogens is 503 g/mol. The Morgan fingerprint density at radius 3 is 2.66 bits per heavy atom. The zero-order valence-electron chi connectivity index (χ0n) is 19.0. The number of hydrogen-bond donors (Lipinski definition) is 3. The van der Waals surface area contributed by atoms with Gasteiger partial charge in [0, 0.05) is 23.8 Å². The molecule has 0 aliphatic carbocycles. The van der Waals surface area contributed by atoms with E-state index in [9.17, 15) is 4.79 Å². The SMILES string of the molecule is CCN(CC)c1cc2nc(Nc3ccc(Cl)cc3Cl)[nH]c2cc1C(=O)Nc1ccc2ncsc2c1. The van der Waals surface area contributed by atoms with E-state index in [2.05, 4.69) is 44.3 Å². The van der Waals surface area contributed by atoms with Gasteiger partial charge >= 0.3 is 0 Å². The first kappa shape index (κ1) is 23.4. The van der Waals surface area contributed by atoms with E-state index >= 15 is 0 Å². The topological polar surface area (TPSA) is 85.9 Å². The van der Waals surface area contributed by atoms with E-state index in [0.29, 0.717) is 27.2 Å². The van der Waals surface area contributed by atoms with E-state index in [1.807, 2.05) is 30.3 Å². The van der Waals surface area contributed by atoms with Crippen LogP contribution >= 0.6 is 34.5 Å². The number of anilines is 4. The van der Waals surface area contributed by atoms with Gasteiger partial charge in [0.2, 0.25) is 5.95 Å². The Kier molecular flexibility index (Phi) is 6.51. The molecule has 3 aromatic carbocycles. The summed E-state index contributed by atoms with van der Waals surface area (Å²) in [5.41, 5.74) is 6.96. The highest BCUT2D eigenvalue weighted by molar-refractivity contribution is 7.16. The number of aromatic amines is 1. The summed E-state index contributed by atoms with van der Waals surface area (Å²) in [6.45, 7) is 5.64. The van der Waals surface area contributed by atoms with E-state index in [1.54, 1.807) is 23.7 Å². The van der Waals surface area contributed by atoms with E-state index in [0.717, 1.165) is 45.7 Å². The Hall–Kier alpha value is -3.33. The van der Waals surface area contributed by atoms with Gasteiger partial charge in [-0.1, -0.05) is 23.2 Å². The number of halogens is 2. The van der Waals surface area contributed by atoms with Crippen LogP contribution in [0.1, 0.15) is 24.2 Å². The fourth-order valence-electron chi connectivity index (χ4n) is 3.96. The molecule has 2 heterocycles. The van der Waals surface area contributed by atoms with Gasteiger partial charge in [-0.15, -0.1) is 11.3 Å². The zero-order chi connectivity index (χ0) is 24.5. The maximum atomic E-state index is 13.4. The van der Waals surface area contributed by atoms with Crippen LogP contribution in [-0.4, -0.2) is 33.9 Å². The van der Waals surface area contributed by atoms with Crippen molar-refractivity contribution < 1.29 is 4.79 Å². The normalized spacial score (nSPS) is 11.2. The third-order valence-corrected chi connectivity index (χ3v) is 7.06. The Balaban J connectivity index is 1.51. The van der Waals surface area contributed by atoms with Crippen molar-refractivity contribution in [3.05, 3.63) is 69.7 Å². The summed E-state index contributed by atoms with van der Waals surface area (Å²) >= 11 is 13.8. The maximum Gasteiger partial charge on any atom is 0.257 e. The second kappa shape index (κ2) is 9.73. The van der Waals surface area contributed by atoms with Crippen LogP contribution in [-0.2, 0) is 0 Å². The van der Waals surface area contributed by atoms with Gasteiger partial charge in [0.1, 0.15) is 0 Å². The number of amides is 1. The van der Waals surface area contributed by atoms with E-state index in [1.165, 1.54) is 11.3 Å². The minimum Gasteiger partial charge on any atom is -0.371 e. The molecule has 7 nitrogen and oxygen atoms in total. The van der Waals surface area contributed by atoms with Crippen LogP contribution in [0.5, 0.6) is 0 Å². The molecule has 178 valence electrons. The van der Waals surface area contributed by atoms with Crippen molar-refractivity contribution in [2.45, 2.75) is 13.8 Å². The lowest BCUT2D eigenvalue weighted by Gasteiger charge is -2.23. The summed E-state index contributed by atoms with van der Waals surface area (Å²) in [4.78, 5) is 27.8. The summed E-state index contributed by atoms with van der Waals surface area (Å²) in [5, 5.41) is 7.27. The van der Waals surface area contributed by atoms with Crippen molar-refractivity contribution in [1.29, 1.82) is 0 Å². The van der Waals surface area contributed by atoms with Crippen LogP contribution in [0.4, 0.5) is 23.0 Å². The van der Waals surface area contributed by atoms with Crippen LogP contribution in [0.25, 0.3) is 21.3 Å². The average molecular weight is 525 g/mol. The number of fused-ring (bicyclic) bond motifs is 2. The molecule has 35 heavy (non-hydrogen) atoms. The molecule has 0 fully saturated rings. The fourth-order valence-corrected chi connectivity index (χ4v) is 5.13. The second-order valence-electron chi connectivity index (χ2n) is 7.88. The van der Waals surface area contributed by atoms with Crippen LogP contribution < -0.4 is 15.5 Å². The molecule has 5 aromatic rings. The van der Waals surface area contributed by atoms with Gasteiger partial charge in [-0.2, -0.15) is 0 Å². The number of hydrogen-bond acceptors (Lipinski definition) is 6. The molecule has 0 saturated heterocycles. The lowest BCUT2D eigenvalue weighted by atomic mass is 10.1. The Bertz CT molecular complexity index is 1540. The van der Waals surface area contributed by atoms with Crippen LogP contribution in [0.3, 0.4) is 0 Å². The lowest BCUT2D eigenvalue weighted by Crippen LogP contribution is -2.25. The smallest absolute Gasteiger partial charge is 0.257 e. The Morgan fingerprint density at radius 2 is 1.89 bits per heavy atom. The molecule has 0 atom stereocenters. The molecule has 1 amide bonds. The summed E-state index contributed by atoms with van der Waals surface area (Å²) in [7, 11) is 0. The average Bonchev–Trinajstić information content (AvgIpc) is 3.46. The van der Waals surface area contributed by atoms with Crippen molar-refractivity contribution >= 4 is 84.7 Å². The van der Waals surface area contributed by atoms with Crippen LogP contribution in [0, 0.1) is 0 Å². The summed E-state index contributed by atoms with van der Waals surface area (Å²) in [6.07, 6.45) is 0. The maximum absolute atomic E-state index is 13.4. The van der Waals surface area contributed by atoms with E-state index in [4.69, 9.17) is 23.2 Å². The minimum absolute atomic E-state index is 0.192. The molecule has 0 saturated carbocycles. The third-order valence-electron chi connectivity index (χ3n) is 5.72. The van der Waals surface area contributed by atoms with Crippen LogP contribution in [0.15, 0.2) is 54.0 Å². The van der Waals surface area contributed by atoms with Crippen molar-refractivity contribution in [2.24, 2.45) is 0 Å². The molecular formula is C25H22Cl2N6OS. The van der Waals surface area contributed by atoms with Crippen molar-refractivity contribution in [3.8, 4) is 0 Å². The monoisotopic (exact) mass is 524 g/mol. The Labute approximate surface area is 216 Å². The zero-order valence-corrected chi connectivity index (χ0v) is 21.4. The van der Waals surface area contributed by atoms with Gasteiger partial charge in [0.15, 0.2) is 0 Å². The number of aromatic nitrogens is 3. The molecule has 0 unspecified atom stereocenters. The molecule has 0 spiro atoms. The van der Waals surface area contributed by atoms with Gasteiger partial charge in [-0.05, 0) is 62.4 Å². The number of H-pyrrole nitrogens is 1. The molecule has 10 heteroatoms. The molecule has 3 N–H and O–H groups in total. The number of imidazole rings is 1. The summed E-state index contributed by atoms with van der Waals surface area (Å²) in [5.74, 6) is 0.324. The number of rotatable bonds is 7. The van der Waals surface area contributed by atoms with Crippen molar-refractivity contribution in [1.82, 2.24) is 15.0 Å². The molecule has 2 aromatic heterocycles. The predicted molar refractivity (Wildman–Crippen MR) is 147 cm³/mol. The highest BCUT2D eigenvalue weighted by atomic mass is 35.5. The number of carbonyl (C=O) groups excluding carboxylic acids is 1. The number of carbonyl (C=O) groups is 1. The van der Waals surface area contributed by atoms with Gasteiger partial charge in [0.05, 0.1) is 48.7 Å². The minimum atomic E-state index is -0.192.